The summed E-state index contributed by atoms with van der Waals surface area (Å²) in [6.45, 7) is 0. The van der Waals surface area contributed by atoms with Crippen molar-refractivity contribution in [2.45, 2.75) is 6.42 Å². The van der Waals surface area contributed by atoms with Gasteiger partial charge in [0.05, 0.1) is 5.69 Å². The van der Waals surface area contributed by atoms with Crippen LogP contribution in [-0.4, -0.2) is 5.78 Å². The summed E-state index contributed by atoms with van der Waals surface area (Å²) < 4.78 is 0. The predicted molar refractivity (Wildman–Crippen MR) is 57.8 cm³/mol. The molecule has 0 N–H and O–H groups in total. The van der Waals surface area contributed by atoms with E-state index in [0.29, 0.717) is 12.1 Å². The smallest absolute Gasteiger partial charge is 0.186 e. The van der Waals surface area contributed by atoms with E-state index in [4.69, 9.17) is 0 Å². The second-order valence-electron chi connectivity index (χ2n) is 3.14. The highest BCUT2D eigenvalue weighted by Gasteiger charge is 2.08. The van der Waals surface area contributed by atoms with Gasteiger partial charge >= 0.3 is 0 Å². The highest BCUT2D eigenvalue weighted by atomic mass is 16.1. The molecular weight excluding hydrogens is 188 g/mol. The lowest BCUT2D eigenvalue weighted by molar-refractivity contribution is -0.114. The molecule has 15 heavy (non-hydrogen) atoms. The maximum Gasteiger partial charge on any atom is 0.186 e. The molecule has 1 aromatic rings. The van der Waals surface area contributed by atoms with Crippen LogP contribution in [-0.2, 0) is 4.79 Å². The van der Waals surface area contributed by atoms with Gasteiger partial charge in [-0.05, 0) is 18.2 Å². The Morgan fingerprint density at radius 2 is 1.87 bits per heavy atom. The van der Waals surface area contributed by atoms with E-state index in [2.05, 4.69) is 10.2 Å². The lowest BCUT2D eigenvalue weighted by Crippen LogP contribution is -2.00. The van der Waals surface area contributed by atoms with Crippen LogP contribution in [0.25, 0.3) is 0 Å². The molecule has 0 heterocycles. The maximum absolute atomic E-state index is 11.3. The van der Waals surface area contributed by atoms with Gasteiger partial charge in [0.25, 0.3) is 0 Å². The number of benzene rings is 1. The average Bonchev–Trinajstić information content (AvgIpc) is 2.29. The lowest BCUT2D eigenvalue weighted by Gasteiger charge is -1.99. The van der Waals surface area contributed by atoms with Crippen molar-refractivity contribution in [3.8, 4) is 0 Å². The summed E-state index contributed by atoms with van der Waals surface area (Å²) in [4.78, 5) is 11.3. The molecule has 0 spiro atoms. The van der Waals surface area contributed by atoms with Crippen molar-refractivity contribution in [3.05, 3.63) is 54.3 Å². The van der Waals surface area contributed by atoms with Crippen LogP contribution in [0.5, 0.6) is 0 Å². The molecule has 0 atom stereocenters. The van der Waals surface area contributed by atoms with E-state index in [1.54, 1.807) is 6.08 Å². The third kappa shape index (κ3) is 2.47. The zero-order chi connectivity index (χ0) is 10.5. The number of carbonyl (C=O) groups excluding carboxylic acids is 1. The first kappa shape index (κ1) is 9.52. The van der Waals surface area contributed by atoms with Gasteiger partial charge in [-0.3, -0.25) is 4.79 Å². The molecule has 1 aliphatic carbocycles. The number of nitrogens with zero attached hydrogens (tertiary/aromatic N) is 2. The van der Waals surface area contributed by atoms with Gasteiger partial charge in [-0.1, -0.05) is 30.4 Å². The second kappa shape index (κ2) is 4.46. The minimum atomic E-state index is 0.0113. The molecule has 0 radical (unpaired) electrons. The van der Waals surface area contributed by atoms with Gasteiger partial charge in [0.2, 0.25) is 0 Å². The number of hydrogen-bond acceptors (Lipinski definition) is 3. The normalized spacial score (nSPS) is 15.7. The summed E-state index contributed by atoms with van der Waals surface area (Å²) in [5, 5.41) is 7.90. The number of rotatable bonds is 2. The van der Waals surface area contributed by atoms with Crippen molar-refractivity contribution < 1.29 is 4.79 Å². The van der Waals surface area contributed by atoms with Gasteiger partial charge in [-0.25, -0.2) is 0 Å². The number of hydrogen-bond donors (Lipinski definition) is 0. The fraction of sp³-hybridized carbons (Fsp3) is 0.0833. The van der Waals surface area contributed by atoms with Crippen LogP contribution < -0.4 is 0 Å². The molecule has 0 aromatic heterocycles. The molecule has 2 rings (SSSR count). The number of ketones is 1. The van der Waals surface area contributed by atoms with Crippen molar-refractivity contribution in [3.63, 3.8) is 0 Å². The summed E-state index contributed by atoms with van der Waals surface area (Å²) in [7, 11) is 0. The predicted octanol–water partition coefficient (Wildman–Crippen LogP) is 3.18. The Morgan fingerprint density at radius 3 is 2.60 bits per heavy atom. The Kier molecular flexibility index (Phi) is 2.83. The van der Waals surface area contributed by atoms with E-state index in [9.17, 15) is 4.79 Å². The number of azo groups is 1. The highest BCUT2D eigenvalue weighted by molar-refractivity contribution is 5.97. The van der Waals surface area contributed by atoms with Crippen molar-refractivity contribution in [2.24, 2.45) is 10.2 Å². The van der Waals surface area contributed by atoms with Crippen LogP contribution in [0.3, 0.4) is 0 Å². The molecule has 74 valence electrons. The van der Waals surface area contributed by atoms with Crippen LogP contribution in [0.2, 0.25) is 0 Å². The molecule has 0 saturated carbocycles. The Morgan fingerprint density at radius 1 is 1.07 bits per heavy atom. The van der Waals surface area contributed by atoms with Gasteiger partial charge in [0.15, 0.2) is 5.78 Å². The van der Waals surface area contributed by atoms with Gasteiger partial charge in [-0.15, -0.1) is 5.11 Å². The third-order valence-electron chi connectivity index (χ3n) is 2.01. The first-order chi connectivity index (χ1) is 7.36. The van der Waals surface area contributed by atoms with Crippen LogP contribution in [0.4, 0.5) is 5.69 Å². The summed E-state index contributed by atoms with van der Waals surface area (Å²) in [5.41, 5.74) is 1.17. The molecule has 3 heteroatoms. The molecular formula is C12H10N2O. The summed E-state index contributed by atoms with van der Waals surface area (Å²) in [5.74, 6) is 0.0113. The van der Waals surface area contributed by atoms with Crippen molar-refractivity contribution in [2.75, 3.05) is 0 Å². The molecule has 1 aliphatic rings. The van der Waals surface area contributed by atoms with Crippen LogP contribution in [0.1, 0.15) is 6.42 Å². The first-order valence-corrected chi connectivity index (χ1v) is 4.73. The fourth-order valence-corrected chi connectivity index (χ4v) is 1.23. The zero-order valence-electron chi connectivity index (χ0n) is 8.13. The van der Waals surface area contributed by atoms with E-state index in [1.807, 2.05) is 42.5 Å². The topological polar surface area (TPSA) is 41.8 Å². The van der Waals surface area contributed by atoms with E-state index in [1.165, 1.54) is 0 Å². The Labute approximate surface area is 87.8 Å². The van der Waals surface area contributed by atoms with Crippen LogP contribution in [0, 0.1) is 0 Å². The summed E-state index contributed by atoms with van der Waals surface area (Å²) >= 11 is 0. The van der Waals surface area contributed by atoms with Crippen LogP contribution in [0.15, 0.2) is 64.5 Å². The monoisotopic (exact) mass is 198 g/mol. The summed E-state index contributed by atoms with van der Waals surface area (Å²) in [6.07, 6.45) is 5.72. The molecule has 0 fully saturated rings. The standard InChI is InChI=1S/C12H10N2O/c15-12-9-5-4-8-11(12)14-13-10-6-2-1-3-7-10/h1-8H,9H2. The van der Waals surface area contributed by atoms with E-state index in [0.717, 1.165) is 5.69 Å². The molecule has 0 unspecified atom stereocenters. The van der Waals surface area contributed by atoms with Gasteiger partial charge in [0.1, 0.15) is 5.70 Å². The zero-order valence-corrected chi connectivity index (χ0v) is 8.13. The van der Waals surface area contributed by atoms with E-state index < -0.39 is 0 Å². The van der Waals surface area contributed by atoms with Crippen molar-refractivity contribution in [1.29, 1.82) is 0 Å². The fourth-order valence-electron chi connectivity index (χ4n) is 1.23. The molecule has 0 amide bonds. The van der Waals surface area contributed by atoms with E-state index in [-0.39, 0.29) is 5.78 Å². The minimum absolute atomic E-state index is 0.0113. The largest absolute Gasteiger partial charge is 0.292 e. The Balaban J connectivity index is 2.15. The molecule has 0 saturated heterocycles. The maximum atomic E-state index is 11.3. The number of Topliss-reactive ketones (excluding diaryl/α,β-unsaturated/α-hetero) is 1. The average molecular weight is 198 g/mol. The minimum Gasteiger partial charge on any atom is -0.292 e. The van der Waals surface area contributed by atoms with Crippen molar-refractivity contribution in [1.82, 2.24) is 0 Å². The second-order valence-corrected chi connectivity index (χ2v) is 3.14. The number of carbonyl (C=O) groups is 1. The Bertz CT molecular complexity index is 444. The molecule has 3 nitrogen and oxygen atoms in total. The lowest BCUT2D eigenvalue weighted by atomic mass is 10.1. The molecule has 1 aromatic carbocycles. The molecule has 0 aliphatic heterocycles. The van der Waals surface area contributed by atoms with E-state index >= 15 is 0 Å². The summed E-state index contributed by atoms with van der Waals surface area (Å²) in [6, 6.07) is 9.35. The van der Waals surface area contributed by atoms with Crippen molar-refractivity contribution >= 4 is 11.5 Å². The van der Waals surface area contributed by atoms with Crippen LogP contribution >= 0.6 is 0 Å². The Hall–Kier alpha value is -2.03. The number of allylic oxidation sites excluding steroid dienone is 4. The van der Waals surface area contributed by atoms with Gasteiger partial charge in [-0.2, -0.15) is 5.11 Å². The third-order valence-corrected chi connectivity index (χ3v) is 2.01. The highest BCUT2D eigenvalue weighted by Crippen LogP contribution is 2.15. The molecule has 0 bridgehead atoms. The SMILES string of the molecule is O=C1CC=CC=C1N=Nc1ccccc1. The van der Waals surface area contributed by atoms with Gasteiger partial charge in [0, 0.05) is 6.42 Å². The quantitative estimate of drug-likeness (QED) is 0.673. The first-order valence-electron chi connectivity index (χ1n) is 4.73. The van der Waals surface area contributed by atoms with Gasteiger partial charge < -0.3 is 0 Å².